The van der Waals surface area contributed by atoms with E-state index in [0.717, 1.165) is 53.7 Å². The molecule has 3 aliphatic rings. The number of fused-ring (bicyclic) bond motifs is 1. The molecule has 3 N–H and O–H groups in total. The molecular formula is C40H50N6O7. The minimum absolute atomic E-state index is 0.00696. The number of amides is 2. The van der Waals surface area contributed by atoms with E-state index < -0.39 is 24.4 Å². The van der Waals surface area contributed by atoms with Crippen molar-refractivity contribution in [3.63, 3.8) is 0 Å². The third-order valence-electron chi connectivity index (χ3n) is 11.0. The van der Waals surface area contributed by atoms with Crippen LogP contribution in [-0.2, 0) is 23.9 Å². The molecular weight excluding hydrogens is 676 g/mol. The van der Waals surface area contributed by atoms with Crippen LogP contribution in [0.3, 0.4) is 0 Å². The van der Waals surface area contributed by atoms with Crippen LogP contribution >= 0.6 is 0 Å². The molecule has 0 radical (unpaired) electrons. The minimum Gasteiger partial charge on any atom is -0.469 e. The Bertz CT molecular complexity index is 1950. The lowest BCUT2D eigenvalue weighted by atomic mass is 9.88. The number of allylic oxidation sites excluding steroid dienone is 1. The number of rotatable bonds is 14. The number of aliphatic hydroxyl groups excluding tert-OH is 1. The summed E-state index contributed by atoms with van der Waals surface area (Å²) >= 11 is 0. The Morgan fingerprint density at radius 2 is 1.55 bits per heavy atom. The number of aromatic amines is 2. The molecule has 2 aromatic heterocycles. The summed E-state index contributed by atoms with van der Waals surface area (Å²) in [5.41, 5.74) is 4.94. The van der Waals surface area contributed by atoms with Crippen molar-refractivity contribution < 1.29 is 33.8 Å². The molecule has 4 unspecified atom stereocenters. The first-order valence-corrected chi connectivity index (χ1v) is 18.7. The van der Waals surface area contributed by atoms with Crippen molar-refractivity contribution >= 4 is 46.1 Å². The van der Waals surface area contributed by atoms with E-state index in [0.29, 0.717) is 36.6 Å². The predicted molar refractivity (Wildman–Crippen MR) is 199 cm³/mol. The molecule has 5 heterocycles. The number of carbonyl (C=O) groups excluding carboxylic acids is 5. The van der Waals surface area contributed by atoms with Gasteiger partial charge in [0, 0.05) is 60.6 Å². The zero-order valence-electron chi connectivity index (χ0n) is 31.2. The number of carbonyl (C=O) groups is 5. The standard InChI is InChI=1S/C40H50N6O7/c1-22(2)27(18-26(48)21-47)39(51)45-14-6-8-34(45)33-17-25(20-41-33)37(50)31-13-12-29(42-31)24-10-11-30-32(16-24)44-38(43-30)35-9-7-15-46(35)40(52)28(23(3)4)19-36(49)53-5/h10-13,16,20,22-23,27-28,34-35,42,47H,6-9,14-15,17-19,21H2,1-5H3,(H,43,44). The van der Waals surface area contributed by atoms with Crippen molar-refractivity contribution in [2.24, 2.45) is 28.7 Å². The lowest BCUT2D eigenvalue weighted by Gasteiger charge is -2.30. The molecule has 53 heavy (non-hydrogen) atoms. The average Bonchev–Trinajstić information content (AvgIpc) is 3.99. The Hall–Kier alpha value is -4.91. The number of ketones is 2. The number of nitrogens with zero attached hydrogens (tertiary/aromatic N) is 4. The summed E-state index contributed by atoms with van der Waals surface area (Å²) in [5.74, 6) is -1.44. The number of H-pyrrole nitrogens is 2. The van der Waals surface area contributed by atoms with Gasteiger partial charge in [0.1, 0.15) is 12.4 Å². The lowest BCUT2D eigenvalue weighted by Crippen LogP contribution is -2.45. The number of esters is 1. The van der Waals surface area contributed by atoms with Gasteiger partial charge in [0.25, 0.3) is 0 Å². The summed E-state index contributed by atoms with van der Waals surface area (Å²) in [6.45, 7) is 8.29. The van der Waals surface area contributed by atoms with Crippen molar-refractivity contribution in [1.29, 1.82) is 0 Å². The number of aromatic nitrogens is 3. The third kappa shape index (κ3) is 7.90. The van der Waals surface area contributed by atoms with Crippen LogP contribution in [0.5, 0.6) is 0 Å². The number of aliphatic imine (C=N–C) groups is 1. The molecule has 13 heteroatoms. The average molecular weight is 727 g/mol. The highest BCUT2D eigenvalue weighted by Gasteiger charge is 2.40. The zero-order chi connectivity index (χ0) is 38.0. The van der Waals surface area contributed by atoms with Crippen LogP contribution < -0.4 is 0 Å². The van der Waals surface area contributed by atoms with Gasteiger partial charge >= 0.3 is 5.97 Å². The van der Waals surface area contributed by atoms with E-state index in [4.69, 9.17) is 9.72 Å². The van der Waals surface area contributed by atoms with Crippen LogP contribution in [0.15, 0.2) is 47.1 Å². The number of nitrogens with one attached hydrogen (secondary N) is 2. The SMILES string of the molecule is COC(=O)CC(C(=O)N1CCCC1c1nc2ccc(-c3ccc(C(=O)C4=CN=C(C5CCCN5C(=O)C(CC(=O)CO)C(C)C)C4)[nH]3)cc2[nH]1)C(C)C. The maximum absolute atomic E-state index is 13.6. The number of hydrogen-bond donors (Lipinski definition) is 3. The Balaban J connectivity index is 1.12. The number of aliphatic hydroxyl groups is 1. The van der Waals surface area contributed by atoms with Crippen LogP contribution in [0.1, 0.15) is 95.0 Å². The van der Waals surface area contributed by atoms with E-state index >= 15 is 0 Å². The second-order valence-corrected chi connectivity index (χ2v) is 15.2. The number of benzene rings is 1. The molecule has 13 nitrogen and oxygen atoms in total. The molecule has 0 bridgehead atoms. The monoisotopic (exact) mass is 726 g/mol. The van der Waals surface area contributed by atoms with Crippen molar-refractivity contribution in [2.75, 3.05) is 26.8 Å². The summed E-state index contributed by atoms with van der Waals surface area (Å²) in [6.07, 6.45) is 5.15. The van der Waals surface area contributed by atoms with Crippen molar-refractivity contribution in [3.8, 4) is 11.3 Å². The van der Waals surface area contributed by atoms with Crippen molar-refractivity contribution in [3.05, 3.63) is 53.6 Å². The quantitative estimate of drug-likeness (QED) is 0.150. The van der Waals surface area contributed by atoms with Crippen molar-refractivity contribution in [1.82, 2.24) is 24.8 Å². The fourth-order valence-electron chi connectivity index (χ4n) is 7.92. The van der Waals surface area contributed by atoms with E-state index in [1.54, 1.807) is 17.2 Å². The fourth-order valence-corrected chi connectivity index (χ4v) is 7.92. The van der Waals surface area contributed by atoms with Gasteiger partial charge in [-0.3, -0.25) is 29.0 Å². The van der Waals surface area contributed by atoms with Crippen LogP contribution in [0, 0.1) is 23.7 Å². The molecule has 3 aromatic rings. The van der Waals surface area contributed by atoms with Gasteiger partial charge in [-0.1, -0.05) is 33.8 Å². The largest absolute Gasteiger partial charge is 0.469 e. The topological polar surface area (TPSA) is 178 Å². The molecule has 0 spiro atoms. The number of Topliss-reactive ketones (excluding diaryl/α,β-unsaturated/α-hetero) is 2. The normalized spacial score (nSPS) is 19.9. The summed E-state index contributed by atoms with van der Waals surface area (Å²) in [7, 11) is 1.34. The highest BCUT2D eigenvalue weighted by Crippen LogP contribution is 2.36. The van der Waals surface area contributed by atoms with Crippen LogP contribution in [0.25, 0.3) is 22.3 Å². The summed E-state index contributed by atoms with van der Waals surface area (Å²) in [5, 5.41) is 9.27. The van der Waals surface area contributed by atoms with Gasteiger partial charge in [0.2, 0.25) is 17.6 Å². The molecule has 2 saturated heterocycles. The summed E-state index contributed by atoms with van der Waals surface area (Å²) in [6, 6.07) is 9.01. The number of hydrogen-bond acceptors (Lipinski definition) is 9. The van der Waals surface area contributed by atoms with Crippen LogP contribution in [0.2, 0.25) is 0 Å². The second-order valence-electron chi connectivity index (χ2n) is 15.2. The Kier molecular flexibility index (Phi) is 11.4. The highest BCUT2D eigenvalue weighted by atomic mass is 16.5. The smallest absolute Gasteiger partial charge is 0.306 e. The number of likely N-dealkylation sites (tertiary alicyclic amines) is 2. The van der Waals surface area contributed by atoms with E-state index in [1.807, 2.05) is 56.9 Å². The van der Waals surface area contributed by atoms with E-state index in [2.05, 4.69) is 15.0 Å². The van der Waals surface area contributed by atoms with Gasteiger partial charge in [-0.25, -0.2) is 4.98 Å². The van der Waals surface area contributed by atoms with Crippen LogP contribution in [-0.4, -0.2) is 97.8 Å². The number of imidazole rings is 1. The Morgan fingerprint density at radius 3 is 2.21 bits per heavy atom. The van der Waals surface area contributed by atoms with Crippen LogP contribution in [0.4, 0.5) is 0 Å². The zero-order valence-corrected chi connectivity index (χ0v) is 31.2. The molecule has 3 aliphatic heterocycles. The van der Waals surface area contributed by atoms with Gasteiger partial charge in [-0.15, -0.1) is 0 Å². The Labute approximate surface area is 309 Å². The van der Waals surface area contributed by atoms with Crippen molar-refractivity contribution in [2.45, 2.75) is 84.7 Å². The maximum Gasteiger partial charge on any atom is 0.306 e. The first-order valence-electron chi connectivity index (χ1n) is 18.7. The molecule has 2 fully saturated rings. The van der Waals surface area contributed by atoms with Gasteiger partial charge < -0.3 is 29.6 Å². The Morgan fingerprint density at radius 1 is 0.887 bits per heavy atom. The molecule has 6 rings (SSSR count). The van der Waals surface area contributed by atoms with Gasteiger partial charge in [0.15, 0.2) is 5.78 Å². The minimum atomic E-state index is -0.579. The van der Waals surface area contributed by atoms with E-state index in [1.165, 1.54) is 7.11 Å². The molecule has 2 amide bonds. The molecule has 4 atom stereocenters. The first-order chi connectivity index (χ1) is 25.4. The number of methoxy groups -OCH3 is 1. The first kappa shape index (κ1) is 37.8. The van der Waals surface area contributed by atoms with Gasteiger partial charge in [0.05, 0.1) is 48.3 Å². The molecule has 1 aromatic carbocycles. The molecule has 282 valence electrons. The second kappa shape index (κ2) is 16.0. The highest BCUT2D eigenvalue weighted by molar-refractivity contribution is 6.13. The van der Waals surface area contributed by atoms with E-state index in [-0.39, 0.29) is 60.1 Å². The molecule has 0 aliphatic carbocycles. The lowest BCUT2D eigenvalue weighted by molar-refractivity contribution is -0.148. The van der Waals surface area contributed by atoms with E-state index in [9.17, 15) is 29.1 Å². The number of ether oxygens (including phenoxy) is 1. The third-order valence-corrected chi connectivity index (χ3v) is 11.0. The summed E-state index contributed by atoms with van der Waals surface area (Å²) in [4.78, 5) is 84.7. The maximum atomic E-state index is 13.6. The van der Waals surface area contributed by atoms with Gasteiger partial charge in [-0.2, -0.15) is 0 Å². The molecule has 0 saturated carbocycles. The predicted octanol–water partition coefficient (Wildman–Crippen LogP) is 5.18. The van der Waals surface area contributed by atoms with Gasteiger partial charge in [-0.05, 0) is 61.8 Å². The fraction of sp³-hybridized carbons (Fsp3) is 0.525. The summed E-state index contributed by atoms with van der Waals surface area (Å²) < 4.78 is 4.86.